The van der Waals surface area contributed by atoms with Gasteiger partial charge < -0.3 is 14.2 Å². The van der Waals surface area contributed by atoms with Gasteiger partial charge in [-0.3, -0.25) is 0 Å². The fourth-order valence-corrected chi connectivity index (χ4v) is 10.9. The summed E-state index contributed by atoms with van der Waals surface area (Å²) in [6.07, 6.45) is 10.3. The van der Waals surface area contributed by atoms with Gasteiger partial charge in [-0.05, 0) is 126 Å². The van der Waals surface area contributed by atoms with Crippen molar-refractivity contribution in [3.05, 3.63) is 124 Å². The molecule has 0 amide bonds. The van der Waals surface area contributed by atoms with Gasteiger partial charge in [0.2, 0.25) is 0 Å². The Morgan fingerprint density at radius 3 is 1.86 bits per heavy atom. The van der Waals surface area contributed by atoms with Gasteiger partial charge in [-0.2, -0.15) is 0 Å². The molecule has 0 N–H and O–H groups in total. The number of hydrogen-bond acceptors (Lipinski definition) is 4. The first-order chi connectivity index (χ1) is 23.8. The first-order valence-electron chi connectivity index (χ1n) is 17.8. The molecule has 3 aliphatic rings. The van der Waals surface area contributed by atoms with Crippen molar-refractivity contribution in [2.24, 2.45) is 10.8 Å². The van der Waals surface area contributed by atoms with Crippen LogP contribution in [0.25, 0.3) is 28.0 Å². The third kappa shape index (κ3) is 4.93. The average Bonchev–Trinajstić information content (AvgIpc) is 3.34. The van der Waals surface area contributed by atoms with E-state index in [1.165, 1.54) is 61.0 Å². The van der Waals surface area contributed by atoms with Gasteiger partial charge in [0.15, 0.2) is 5.60 Å². The van der Waals surface area contributed by atoms with E-state index in [2.05, 4.69) is 115 Å². The molecule has 256 valence electrons. The summed E-state index contributed by atoms with van der Waals surface area (Å²) < 4.78 is 18.9. The molecule has 0 aromatic heterocycles. The fourth-order valence-electron chi connectivity index (χ4n) is 10.3. The van der Waals surface area contributed by atoms with Gasteiger partial charge in [-0.1, -0.05) is 81.8 Å². The minimum atomic E-state index is -0.864. The van der Waals surface area contributed by atoms with Crippen molar-refractivity contribution in [3.63, 3.8) is 0 Å². The molecular formula is C46H48O3S. The lowest BCUT2D eigenvalue weighted by atomic mass is 9.52. The van der Waals surface area contributed by atoms with Crippen LogP contribution in [0.3, 0.4) is 0 Å². The summed E-state index contributed by atoms with van der Waals surface area (Å²) in [5.74, 6) is 2.60. The summed E-state index contributed by atoms with van der Waals surface area (Å²) in [5.41, 5.74) is 11.0. The molecule has 8 rings (SSSR count). The van der Waals surface area contributed by atoms with Gasteiger partial charge in [-0.25, -0.2) is 0 Å². The lowest BCUT2D eigenvalue weighted by Crippen LogP contribution is -2.44. The maximum Gasteiger partial charge on any atom is 0.178 e. The summed E-state index contributed by atoms with van der Waals surface area (Å²) in [6.45, 7) is 14.4. The van der Waals surface area contributed by atoms with Crippen LogP contribution in [-0.4, -0.2) is 20.5 Å². The van der Waals surface area contributed by atoms with Gasteiger partial charge in [-0.15, -0.1) is 11.8 Å². The number of rotatable bonds is 5. The van der Waals surface area contributed by atoms with E-state index in [4.69, 9.17) is 14.2 Å². The molecule has 3 nitrogen and oxygen atoms in total. The van der Waals surface area contributed by atoms with E-state index in [0.717, 1.165) is 41.2 Å². The third-order valence-corrected chi connectivity index (χ3v) is 12.4. The summed E-state index contributed by atoms with van der Waals surface area (Å²) in [5, 5.41) is 2.45. The topological polar surface area (TPSA) is 27.7 Å². The van der Waals surface area contributed by atoms with E-state index in [-0.39, 0.29) is 16.2 Å². The largest absolute Gasteiger partial charge is 0.497 e. The lowest BCUT2D eigenvalue weighted by Gasteiger charge is -2.52. The zero-order valence-corrected chi connectivity index (χ0v) is 31.7. The summed E-state index contributed by atoms with van der Waals surface area (Å²) in [7, 11) is 3.42. The highest BCUT2D eigenvalue weighted by atomic mass is 32.2. The fraction of sp³-hybridized carbons (Fsp3) is 0.348. The second kappa shape index (κ2) is 11.4. The molecule has 1 heterocycles. The molecule has 1 saturated carbocycles. The number of benzene rings is 5. The maximum atomic E-state index is 7.70. The minimum Gasteiger partial charge on any atom is -0.497 e. The van der Waals surface area contributed by atoms with Crippen molar-refractivity contribution < 1.29 is 14.2 Å². The first kappa shape index (κ1) is 33.0. The van der Waals surface area contributed by atoms with Crippen LogP contribution in [0, 0.1) is 24.7 Å². The highest BCUT2D eigenvalue weighted by Crippen LogP contribution is 2.67. The molecule has 1 fully saturated rings. The molecule has 5 aromatic rings. The summed E-state index contributed by atoms with van der Waals surface area (Å²) in [6, 6.07) is 28.7. The Kier molecular flexibility index (Phi) is 7.55. The molecule has 50 heavy (non-hydrogen) atoms. The van der Waals surface area contributed by atoms with Crippen LogP contribution in [0.2, 0.25) is 0 Å². The molecule has 0 saturated heterocycles. The van der Waals surface area contributed by atoms with E-state index < -0.39 is 5.60 Å². The van der Waals surface area contributed by atoms with Crippen molar-refractivity contribution in [2.45, 2.75) is 76.7 Å². The molecule has 1 spiro atoms. The monoisotopic (exact) mass is 680 g/mol. The number of ether oxygens (including phenoxy) is 3. The molecule has 0 atom stereocenters. The quantitative estimate of drug-likeness (QED) is 0.173. The molecule has 1 aliphatic heterocycles. The van der Waals surface area contributed by atoms with Crippen LogP contribution in [0.5, 0.6) is 17.2 Å². The lowest BCUT2D eigenvalue weighted by molar-refractivity contribution is 0.0641. The Balaban J connectivity index is 1.49. The normalized spacial score (nSPS) is 18.7. The van der Waals surface area contributed by atoms with Crippen LogP contribution < -0.4 is 14.2 Å². The predicted molar refractivity (Wildman–Crippen MR) is 209 cm³/mol. The molecule has 4 heteroatoms. The molecule has 0 bridgehead atoms. The average molecular weight is 681 g/mol. The van der Waals surface area contributed by atoms with Crippen molar-refractivity contribution in [1.29, 1.82) is 0 Å². The van der Waals surface area contributed by atoms with E-state index in [1.807, 2.05) is 24.3 Å². The van der Waals surface area contributed by atoms with Crippen molar-refractivity contribution in [2.75, 3.05) is 20.5 Å². The van der Waals surface area contributed by atoms with Gasteiger partial charge in [0.1, 0.15) is 17.2 Å². The standard InChI is InChI=1S/C46H48O3S/c1-28-10-19-34-38(22-28)45(26-43(3,4)25-44(5,6)27-45)41-35-20-21-46(30-11-15-32(47-7)16-12-30,31-13-17-33(48-8)18-14-31)49-42(35)37-24-39(50-9)29(2)23-36(37)40(34)41/h10-24H,25-27H2,1-9H3. The van der Waals surface area contributed by atoms with Crippen LogP contribution >= 0.6 is 11.8 Å². The zero-order chi connectivity index (χ0) is 35.2. The molecular weight excluding hydrogens is 633 g/mol. The Bertz CT molecular complexity index is 2120. The smallest absolute Gasteiger partial charge is 0.178 e. The van der Waals surface area contributed by atoms with Gasteiger partial charge in [0.05, 0.1) is 14.2 Å². The van der Waals surface area contributed by atoms with Crippen LogP contribution in [0.15, 0.2) is 89.8 Å². The van der Waals surface area contributed by atoms with Crippen LogP contribution in [0.1, 0.15) is 85.9 Å². The number of hydrogen-bond donors (Lipinski definition) is 0. The van der Waals surface area contributed by atoms with Crippen LogP contribution in [0.4, 0.5) is 0 Å². The van der Waals surface area contributed by atoms with E-state index >= 15 is 0 Å². The highest BCUT2D eigenvalue weighted by molar-refractivity contribution is 7.98. The number of methoxy groups -OCH3 is 2. The van der Waals surface area contributed by atoms with E-state index in [9.17, 15) is 0 Å². The molecule has 0 unspecified atom stereocenters. The Morgan fingerprint density at radius 2 is 1.30 bits per heavy atom. The van der Waals surface area contributed by atoms with Gasteiger partial charge >= 0.3 is 0 Å². The summed E-state index contributed by atoms with van der Waals surface area (Å²) in [4.78, 5) is 1.27. The molecule has 5 aromatic carbocycles. The second-order valence-electron chi connectivity index (χ2n) is 16.5. The Labute approximate surface area is 302 Å². The predicted octanol–water partition coefficient (Wildman–Crippen LogP) is 12.0. The zero-order valence-electron chi connectivity index (χ0n) is 30.9. The van der Waals surface area contributed by atoms with Crippen molar-refractivity contribution in [1.82, 2.24) is 0 Å². The number of thioether (sulfide) groups is 1. The second-order valence-corrected chi connectivity index (χ2v) is 17.3. The number of fused-ring (bicyclic) bond motifs is 10. The van der Waals surface area contributed by atoms with Crippen LogP contribution in [-0.2, 0) is 11.0 Å². The van der Waals surface area contributed by atoms with Crippen molar-refractivity contribution in [3.8, 4) is 28.4 Å². The van der Waals surface area contributed by atoms with E-state index in [1.54, 1.807) is 26.0 Å². The molecule has 2 aliphatic carbocycles. The van der Waals surface area contributed by atoms with E-state index in [0.29, 0.717) is 0 Å². The third-order valence-electron chi connectivity index (χ3n) is 11.6. The molecule has 0 radical (unpaired) electrons. The van der Waals surface area contributed by atoms with Gasteiger partial charge in [0, 0.05) is 32.4 Å². The minimum absolute atomic E-state index is 0.139. The highest BCUT2D eigenvalue weighted by Gasteiger charge is 2.55. The summed E-state index contributed by atoms with van der Waals surface area (Å²) >= 11 is 1.80. The Morgan fingerprint density at radius 1 is 0.700 bits per heavy atom. The first-order valence-corrected chi connectivity index (χ1v) is 19.0. The van der Waals surface area contributed by atoms with Crippen molar-refractivity contribution >= 4 is 28.6 Å². The van der Waals surface area contributed by atoms with Gasteiger partial charge in [0.25, 0.3) is 0 Å². The Hall–Kier alpha value is -4.15. The SMILES string of the molecule is COc1ccc(C2(c3ccc(OC)cc3)C=Cc3c4c(c5cc(C)c(SC)cc5c3O2)-c2ccc(C)cc2C42CC(C)(C)CC(C)(C)C2)cc1. The maximum absolute atomic E-state index is 7.70. The number of aryl methyl sites for hydroxylation is 2.